The zero-order valence-electron chi connectivity index (χ0n) is 17.9. The average Bonchev–Trinajstić information content (AvgIpc) is 2.77. The van der Waals surface area contributed by atoms with Crippen LogP contribution in [0.15, 0.2) is 47.3 Å². The number of hydrogen-bond acceptors (Lipinski definition) is 7. The third-order valence-corrected chi connectivity index (χ3v) is 5.02. The van der Waals surface area contributed by atoms with E-state index in [1.165, 1.54) is 41.8 Å². The first-order chi connectivity index (χ1) is 15.2. The van der Waals surface area contributed by atoms with Crippen LogP contribution in [-0.2, 0) is 6.54 Å². The third kappa shape index (κ3) is 4.83. The molecule has 2 aromatic carbocycles. The molecule has 0 aliphatic heterocycles. The number of non-ortho nitro benzene ring substituents is 1. The van der Waals surface area contributed by atoms with Gasteiger partial charge in [-0.05, 0) is 37.4 Å². The molecule has 0 unspecified atom stereocenters. The summed E-state index contributed by atoms with van der Waals surface area (Å²) < 4.78 is 6.58. The van der Waals surface area contributed by atoms with Gasteiger partial charge in [0.1, 0.15) is 11.6 Å². The highest BCUT2D eigenvalue weighted by Crippen LogP contribution is 2.20. The molecule has 1 amide bonds. The van der Waals surface area contributed by atoms with Crippen molar-refractivity contribution in [2.45, 2.75) is 6.54 Å². The summed E-state index contributed by atoms with van der Waals surface area (Å²) in [6, 6.07) is 10.8. The van der Waals surface area contributed by atoms with E-state index in [1.807, 2.05) is 4.90 Å². The summed E-state index contributed by atoms with van der Waals surface area (Å²) in [6.07, 6.45) is -1.03. The van der Waals surface area contributed by atoms with Crippen molar-refractivity contribution in [3.05, 3.63) is 68.8 Å². The van der Waals surface area contributed by atoms with E-state index in [0.29, 0.717) is 29.3 Å². The predicted octanol–water partition coefficient (Wildman–Crippen LogP) is 2.34. The number of carboxylic acid groups (broad SMARTS) is 1. The highest BCUT2D eigenvalue weighted by molar-refractivity contribution is 5.80. The Balaban J connectivity index is 2.08. The number of aromatic nitrogens is 2. The normalized spacial score (nSPS) is 11.0. The predicted molar refractivity (Wildman–Crippen MR) is 118 cm³/mol. The molecule has 0 radical (unpaired) electrons. The minimum Gasteiger partial charge on any atom is -0.497 e. The van der Waals surface area contributed by atoms with Crippen LogP contribution in [0.4, 0.5) is 10.5 Å². The molecule has 0 atom stereocenters. The Morgan fingerprint density at radius 1 is 1.19 bits per heavy atom. The molecule has 11 heteroatoms. The lowest BCUT2D eigenvalue weighted by atomic mass is 10.2. The first-order valence-electron chi connectivity index (χ1n) is 9.68. The second kappa shape index (κ2) is 9.43. The number of nitrogens with zero attached hydrogens (tertiary/aromatic N) is 5. The van der Waals surface area contributed by atoms with E-state index in [-0.39, 0.29) is 24.2 Å². The standard InChI is InChI=1S/C21H23N5O6/c1-23(10-11-24(2)21(28)29)13-19-22-18-9-6-15(26(30)31)12-17(18)20(27)25(19)14-4-7-16(32-3)8-5-14/h4-9,12H,10-11,13H2,1-3H3,(H,28,29). The van der Waals surface area contributed by atoms with E-state index >= 15 is 0 Å². The van der Waals surface area contributed by atoms with Gasteiger partial charge < -0.3 is 14.7 Å². The lowest BCUT2D eigenvalue weighted by Crippen LogP contribution is -2.35. The van der Waals surface area contributed by atoms with Crippen LogP contribution in [0.3, 0.4) is 0 Å². The van der Waals surface area contributed by atoms with Gasteiger partial charge in [0.15, 0.2) is 0 Å². The second-order valence-corrected chi connectivity index (χ2v) is 7.27. The number of ether oxygens (including phenoxy) is 1. The molecule has 11 nitrogen and oxygen atoms in total. The van der Waals surface area contributed by atoms with Gasteiger partial charge >= 0.3 is 6.09 Å². The second-order valence-electron chi connectivity index (χ2n) is 7.27. The van der Waals surface area contributed by atoms with Gasteiger partial charge in [0.25, 0.3) is 11.2 Å². The van der Waals surface area contributed by atoms with Crippen molar-refractivity contribution >= 4 is 22.7 Å². The summed E-state index contributed by atoms with van der Waals surface area (Å²) >= 11 is 0. The van der Waals surface area contributed by atoms with Gasteiger partial charge in [0.05, 0.1) is 35.2 Å². The summed E-state index contributed by atoms with van der Waals surface area (Å²) in [5, 5.41) is 20.3. The Morgan fingerprint density at radius 2 is 1.88 bits per heavy atom. The van der Waals surface area contributed by atoms with Crippen LogP contribution in [0, 0.1) is 10.1 Å². The molecule has 0 aliphatic rings. The Hall–Kier alpha value is -3.99. The van der Waals surface area contributed by atoms with Crippen LogP contribution in [0.5, 0.6) is 5.75 Å². The Morgan fingerprint density at radius 3 is 2.47 bits per heavy atom. The number of nitro groups is 1. The van der Waals surface area contributed by atoms with Gasteiger partial charge in [-0.15, -0.1) is 0 Å². The van der Waals surface area contributed by atoms with Gasteiger partial charge in [-0.3, -0.25) is 24.4 Å². The fourth-order valence-corrected chi connectivity index (χ4v) is 3.17. The molecule has 0 aliphatic carbocycles. The SMILES string of the molecule is COc1ccc(-n2c(CN(C)CCN(C)C(=O)O)nc3ccc([N+](=O)[O-])cc3c2=O)cc1. The molecule has 1 heterocycles. The number of carbonyl (C=O) groups is 1. The quantitative estimate of drug-likeness (QED) is 0.416. The van der Waals surface area contributed by atoms with Crippen molar-refractivity contribution in [1.82, 2.24) is 19.4 Å². The van der Waals surface area contributed by atoms with E-state index in [1.54, 1.807) is 31.3 Å². The van der Waals surface area contributed by atoms with E-state index in [9.17, 15) is 19.7 Å². The summed E-state index contributed by atoms with van der Waals surface area (Å²) in [7, 11) is 4.80. The van der Waals surface area contributed by atoms with E-state index in [2.05, 4.69) is 4.98 Å². The number of fused-ring (bicyclic) bond motifs is 1. The number of rotatable bonds is 8. The smallest absolute Gasteiger partial charge is 0.407 e. The largest absolute Gasteiger partial charge is 0.497 e. The van der Waals surface area contributed by atoms with Crippen molar-refractivity contribution in [3.8, 4) is 11.4 Å². The van der Waals surface area contributed by atoms with Crippen LogP contribution in [0.1, 0.15) is 5.82 Å². The van der Waals surface area contributed by atoms with Crippen molar-refractivity contribution in [3.63, 3.8) is 0 Å². The molecule has 3 rings (SSSR count). The Bertz CT molecular complexity index is 1210. The molecule has 32 heavy (non-hydrogen) atoms. The molecule has 0 fully saturated rings. The van der Waals surface area contributed by atoms with Gasteiger partial charge in [-0.2, -0.15) is 0 Å². The van der Waals surface area contributed by atoms with Crippen LogP contribution >= 0.6 is 0 Å². The number of amides is 1. The minimum atomic E-state index is -1.03. The van der Waals surface area contributed by atoms with Crippen molar-refractivity contribution in [1.29, 1.82) is 0 Å². The number of likely N-dealkylation sites (N-methyl/N-ethyl adjacent to an activating group) is 2. The molecule has 3 aromatic rings. The highest BCUT2D eigenvalue weighted by Gasteiger charge is 2.18. The maximum Gasteiger partial charge on any atom is 0.407 e. The van der Waals surface area contributed by atoms with Crippen LogP contribution in [-0.4, -0.2) is 69.8 Å². The van der Waals surface area contributed by atoms with Gasteiger partial charge in [-0.1, -0.05) is 0 Å². The van der Waals surface area contributed by atoms with Gasteiger partial charge in [-0.25, -0.2) is 9.78 Å². The molecule has 0 spiro atoms. The minimum absolute atomic E-state index is 0.132. The van der Waals surface area contributed by atoms with Crippen LogP contribution in [0.2, 0.25) is 0 Å². The molecule has 168 valence electrons. The molecule has 1 aromatic heterocycles. The number of benzene rings is 2. The van der Waals surface area contributed by atoms with Crippen molar-refractivity contribution < 1.29 is 19.6 Å². The van der Waals surface area contributed by atoms with Crippen molar-refractivity contribution in [2.24, 2.45) is 0 Å². The highest BCUT2D eigenvalue weighted by atomic mass is 16.6. The first-order valence-corrected chi connectivity index (χ1v) is 9.68. The lowest BCUT2D eigenvalue weighted by Gasteiger charge is -2.22. The molecule has 0 bridgehead atoms. The average molecular weight is 441 g/mol. The maximum absolute atomic E-state index is 13.4. The van der Waals surface area contributed by atoms with E-state index in [4.69, 9.17) is 9.84 Å². The van der Waals surface area contributed by atoms with E-state index in [0.717, 1.165) is 0 Å². The number of nitro benzene ring substituents is 1. The lowest BCUT2D eigenvalue weighted by molar-refractivity contribution is -0.384. The maximum atomic E-state index is 13.4. The molecule has 1 N–H and O–H groups in total. The Labute approximate surface area is 183 Å². The first kappa shape index (κ1) is 22.7. The van der Waals surface area contributed by atoms with Gasteiger partial charge in [0, 0.05) is 32.3 Å². The van der Waals surface area contributed by atoms with Crippen LogP contribution < -0.4 is 10.3 Å². The fourth-order valence-electron chi connectivity index (χ4n) is 3.17. The summed E-state index contributed by atoms with van der Waals surface area (Å²) in [6.45, 7) is 0.944. The fraction of sp³-hybridized carbons (Fsp3) is 0.286. The molecule has 0 saturated carbocycles. The third-order valence-electron chi connectivity index (χ3n) is 5.02. The zero-order chi connectivity index (χ0) is 23.4. The van der Waals surface area contributed by atoms with Crippen molar-refractivity contribution in [2.75, 3.05) is 34.3 Å². The summed E-state index contributed by atoms with van der Waals surface area (Å²) in [5.41, 5.74) is 0.244. The molecule has 0 saturated heterocycles. The number of hydrogen-bond donors (Lipinski definition) is 1. The summed E-state index contributed by atoms with van der Waals surface area (Å²) in [5.74, 6) is 1.03. The van der Waals surface area contributed by atoms with Crippen LogP contribution in [0.25, 0.3) is 16.6 Å². The monoisotopic (exact) mass is 441 g/mol. The summed E-state index contributed by atoms with van der Waals surface area (Å²) in [4.78, 5) is 42.6. The topological polar surface area (TPSA) is 131 Å². The number of methoxy groups -OCH3 is 1. The zero-order valence-corrected chi connectivity index (χ0v) is 17.9. The molecular formula is C21H23N5O6. The van der Waals surface area contributed by atoms with Gasteiger partial charge in [0.2, 0.25) is 0 Å². The van der Waals surface area contributed by atoms with E-state index < -0.39 is 16.6 Å². The Kier molecular flexibility index (Phi) is 6.69. The molecular weight excluding hydrogens is 418 g/mol.